The zero-order chi connectivity index (χ0) is 51.3. The largest absolute Gasteiger partial charge is 0.370 e. The van der Waals surface area contributed by atoms with E-state index in [-0.39, 0.29) is 68.8 Å². The average Bonchev–Trinajstić information content (AvgIpc) is 3.27. The molecule has 0 bridgehead atoms. The molecule has 1 unspecified atom stereocenters. The number of hydrogen-bond acceptors (Lipinski definition) is 10. The predicted octanol–water partition coefficient (Wildman–Crippen LogP) is -0.537. The van der Waals surface area contributed by atoms with Crippen LogP contribution >= 0.6 is 0 Å². The standard InChI is InChI=1S/C47H80N14O8/c1-29(2)24-33-42(66)60-35(26-31-18-13-12-14-19-31)43(67)61-36(27-38(48)62)44(68)57-32(20-17-23-54-47(51)52)40(64)55-28-37(45(69)59-34(25-30(3)4)41(65)58-33)56-39(63)21-15-10-8-6-5-7-9-11-16-22-53-46(49)50/h12-14,18-19,29-30,32-37H,5-11,15-17,20-28H2,1-4H3,(H2,48,62)(H,55,64)(H,56,63)(H,57,68)(H,58,65)(H,59,69)(H,60,66)(H,61,67)(H4,49,50,53)(H4,51,52,54)/t32-,33+,34-,35-,36-,37?/m1/s1. The summed E-state index contributed by atoms with van der Waals surface area (Å²) in [6, 6.07) is 0.731. The van der Waals surface area contributed by atoms with Gasteiger partial charge in [-0.15, -0.1) is 0 Å². The normalized spacial score (nSPS) is 21.0. The van der Waals surface area contributed by atoms with Crippen LogP contribution in [-0.2, 0) is 44.8 Å². The highest BCUT2D eigenvalue weighted by molar-refractivity contribution is 5.98. The van der Waals surface area contributed by atoms with Gasteiger partial charge in [0, 0.05) is 32.5 Å². The summed E-state index contributed by atoms with van der Waals surface area (Å²) in [5.74, 6) is -6.51. The topological polar surface area (TPSA) is 376 Å². The second kappa shape index (κ2) is 32.3. The molecule has 1 aliphatic rings. The Balaban J connectivity index is 2.48. The Morgan fingerprint density at radius 2 is 1.01 bits per heavy atom. The van der Waals surface area contributed by atoms with Crippen molar-refractivity contribution >= 4 is 59.2 Å². The highest BCUT2D eigenvalue weighted by Gasteiger charge is 2.35. The molecule has 0 saturated carbocycles. The zero-order valence-corrected chi connectivity index (χ0v) is 41.0. The maximum absolute atomic E-state index is 14.2. The number of rotatable bonds is 25. The third-order valence-corrected chi connectivity index (χ3v) is 11.2. The fraction of sp³-hybridized carbons (Fsp3) is 0.660. The summed E-state index contributed by atoms with van der Waals surface area (Å²) in [6.07, 6.45) is 8.17. The quantitative estimate of drug-likeness (QED) is 0.0334. The molecule has 8 amide bonds. The van der Waals surface area contributed by atoms with Crippen molar-refractivity contribution in [1.82, 2.24) is 37.2 Å². The first-order valence-corrected chi connectivity index (χ1v) is 24.3. The lowest BCUT2D eigenvalue weighted by molar-refractivity contribution is -0.136. The number of nitrogens with zero attached hydrogens (tertiary/aromatic N) is 2. The Hall–Kier alpha value is -6.48. The van der Waals surface area contributed by atoms with Crippen LogP contribution in [0.15, 0.2) is 40.3 Å². The summed E-state index contributed by atoms with van der Waals surface area (Å²) in [6.45, 7) is 7.63. The third kappa shape index (κ3) is 25.5. The second-order valence-corrected chi connectivity index (χ2v) is 18.5. The molecular weight excluding hydrogens is 889 g/mol. The molecular formula is C47H80N14O8. The molecule has 1 saturated heterocycles. The van der Waals surface area contributed by atoms with Gasteiger partial charge in [0.2, 0.25) is 47.3 Å². The summed E-state index contributed by atoms with van der Waals surface area (Å²) < 4.78 is 0. The molecule has 0 aliphatic carbocycles. The van der Waals surface area contributed by atoms with Crippen LogP contribution in [0.2, 0.25) is 0 Å². The first-order valence-electron chi connectivity index (χ1n) is 24.3. The molecule has 2 rings (SSSR count). The van der Waals surface area contributed by atoms with Gasteiger partial charge in [-0.2, -0.15) is 0 Å². The van der Waals surface area contributed by atoms with Gasteiger partial charge in [0.15, 0.2) is 11.9 Å². The maximum Gasteiger partial charge on any atom is 0.245 e. The van der Waals surface area contributed by atoms with Gasteiger partial charge >= 0.3 is 0 Å². The summed E-state index contributed by atoms with van der Waals surface area (Å²) in [5.41, 5.74) is 27.9. The van der Waals surface area contributed by atoms with Crippen LogP contribution in [0.3, 0.4) is 0 Å². The number of nitrogens with one attached hydrogen (secondary N) is 7. The van der Waals surface area contributed by atoms with E-state index < -0.39 is 96.5 Å². The minimum atomic E-state index is -1.60. The number of guanidine groups is 2. The van der Waals surface area contributed by atoms with Crippen LogP contribution in [0, 0.1) is 11.8 Å². The number of carbonyl (C=O) groups is 8. The van der Waals surface area contributed by atoms with Crippen LogP contribution in [0.4, 0.5) is 0 Å². The van der Waals surface area contributed by atoms with E-state index in [0.29, 0.717) is 18.5 Å². The molecule has 0 aromatic heterocycles. The number of primary amides is 1. The van der Waals surface area contributed by atoms with Gasteiger partial charge in [-0.3, -0.25) is 48.3 Å². The van der Waals surface area contributed by atoms with Crippen LogP contribution in [0.5, 0.6) is 0 Å². The van der Waals surface area contributed by atoms with Crippen molar-refractivity contribution in [2.45, 2.75) is 167 Å². The van der Waals surface area contributed by atoms with E-state index in [9.17, 15) is 38.4 Å². The van der Waals surface area contributed by atoms with Gasteiger partial charge in [0.25, 0.3) is 0 Å². The molecule has 0 radical (unpaired) electrons. The monoisotopic (exact) mass is 969 g/mol. The van der Waals surface area contributed by atoms with Crippen LogP contribution in [-0.4, -0.2) is 115 Å². The highest BCUT2D eigenvalue weighted by atomic mass is 16.2. The smallest absolute Gasteiger partial charge is 0.245 e. The Bertz CT molecular complexity index is 1870. The second-order valence-electron chi connectivity index (χ2n) is 18.5. The minimum absolute atomic E-state index is 0.0468. The lowest BCUT2D eigenvalue weighted by atomic mass is 9.99. The Morgan fingerprint density at radius 1 is 0.565 bits per heavy atom. The maximum atomic E-state index is 14.2. The minimum Gasteiger partial charge on any atom is -0.370 e. The fourth-order valence-corrected chi connectivity index (χ4v) is 7.65. The van der Waals surface area contributed by atoms with Gasteiger partial charge in [0.05, 0.1) is 6.42 Å². The number of hydrogen-bond donors (Lipinski definition) is 12. The third-order valence-electron chi connectivity index (χ3n) is 11.2. The van der Waals surface area contributed by atoms with Crippen molar-refractivity contribution in [1.29, 1.82) is 0 Å². The zero-order valence-electron chi connectivity index (χ0n) is 41.0. The van der Waals surface area contributed by atoms with Crippen LogP contribution in [0.25, 0.3) is 0 Å². The van der Waals surface area contributed by atoms with E-state index >= 15 is 0 Å². The van der Waals surface area contributed by atoms with Gasteiger partial charge in [-0.1, -0.05) is 103 Å². The van der Waals surface area contributed by atoms with Crippen molar-refractivity contribution in [2.75, 3.05) is 19.6 Å². The molecule has 6 atom stereocenters. The molecule has 386 valence electrons. The van der Waals surface area contributed by atoms with Gasteiger partial charge < -0.3 is 65.9 Å². The van der Waals surface area contributed by atoms with Crippen molar-refractivity contribution in [2.24, 2.45) is 50.5 Å². The molecule has 69 heavy (non-hydrogen) atoms. The summed E-state index contributed by atoms with van der Waals surface area (Å²) in [7, 11) is 0. The van der Waals surface area contributed by atoms with Crippen LogP contribution in [0.1, 0.15) is 130 Å². The van der Waals surface area contributed by atoms with Crippen LogP contribution < -0.4 is 65.9 Å². The number of amides is 8. The number of nitrogens with two attached hydrogens (primary N) is 5. The van der Waals surface area contributed by atoms with Gasteiger partial charge in [0.1, 0.15) is 36.3 Å². The Labute approximate surface area is 406 Å². The Kier molecular flexibility index (Phi) is 27.5. The molecule has 17 N–H and O–H groups in total. The molecule has 22 nitrogen and oxygen atoms in total. The number of aliphatic imine (C=N–C) groups is 2. The molecule has 1 aromatic carbocycles. The van der Waals surface area contributed by atoms with Crippen molar-refractivity contribution in [3.05, 3.63) is 35.9 Å². The van der Waals surface area contributed by atoms with Crippen molar-refractivity contribution in [3.8, 4) is 0 Å². The van der Waals surface area contributed by atoms with E-state index in [2.05, 4.69) is 47.2 Å². The predicted molar refractivity (Wildman–Crippen MR) is 264 cm³/mol. The van der Waals surface area contributed by atoms with Gasteiger partial charge in [-0.05, 0) is 55.9 Å². The first-order chi connectivity index (χ1) is 32.7. The lowest BCUT2D eigenvalue weighted by Crippen LogP contribution is -2.60. The van der Waals surface area contributed by atoms with E-state index in [4.69, 9.17) is 28.7 Å². The number of carbonyl (C=O) groups excluding carboxylic acids is 8. The average molecular weight is 969 g/mol. The number of unbranched alkanes of at least 4 members (excludes halogenated alkanes) is 8. The molecule has 1 aromatic rings. The number of benzene rings is 1. The van der Waals surface area contributed by atoms with E-state index in [1.54, 1.807) is 30.3 Å². The SMILES string of the molecule is CC(C)C[C@@H]1NC(=O)[C@@H](CC(C)C)NC(=O)C(NC(=O)CCCCCCCCCCCN=C(N)N)CNC(=O)[C@@H](CCCN=C(N)N)NC(=O)[C@@H](CC(N)=O)NC(=O)[C@@H](Cc2ccccc2)NC1=O. The Morgan fingerprint density at radius 3 is 1.55 bits per heavy atom. The molecule has 1 heterocycles. The molecule has 22 heteroatoms. The van der Waals surface area contributed by atoms with E-state index in [0.717, 1.165) is 51.4 Å². The lowest BCUT2D eigenvalue weighted by Gasteiger charge is -2.28. The fourth-order valence-electron chi connectivity index (χ4n) is 7.65. The summed E-state index contributed by atoms with van der Waals surface area (Å²) >= 11 is 0. The van der Waals surface area contributed by atoms with Crippen molar-refractivity contribution < 1.29 is 38.4 Å². The molecule has 1 aliphatic heterocycles. The summed E-state index contributed by atoms with van der Waals surface area (Å²) in [4.78, 5) is 118. The first kappa shape index (κ1) is 58.6. The van der Waals surface area contributed by atoms with Crippen molar-refractivity contribution in [3.63, 3.8) is 0 Å². The van der Waals surface area contributed by atoms with Gasteiger partial charge in [-0.25, -0.2) is 0 Å². The highest BCUT2D eigenvalue weighted by Crippen LogP contribution is 2.14. The summed E-state index contributed by atoms with van der Waals surface area (Å²) in [5, 5.41) is 18.8. The molecule has 0 spiro atoms. The van der Waals surface area contributed by atoms with E-state index in [1.807, 2.05) is 27.7 Å². The molecule has 1 fully saturated rings. The van der Waals surface area contributed by atoms with E-state index in [1.165, 1.54) is 0 Å².